The van der Waals surface area contributed by atoms with Crippen LogP contribution in [0, 0.1) is 0 Å². The number of aromatic nitrogens is 4. The highest BCUT2D eigenvalue weighted by Crippen LogP contribution is 2.39. The van der Waals surface area contributed by atoms with E-state index in [2.05, 4.69) is 15.3 Å². The average molecular weight is 1400 g/mol. The molecule has 546 valence electrons. The summed E-state index contributed by atoms with van der Waals surface area (Å²) in [4.78, 5) is 49.7. The van der Waals surface area contributed by atoms with Crippen LogP contribution in [-0.4, -0.2) is 388 Å². The van der Waals surface area contributed by atoms with Crippen LogP contribution >= 0.6 is 0 Å². The van der Waals surface area contributed by atoms with Crippen LogP contribution in [0.5, 0.6) is 0 Å². The predicted octanol–water partition coefficient (Wildman–Crippen LogP) is -15.4. The van der Waals surface area contributed by atoms with Crippen molar-refractivity contribution in [3.63, 3.8) is 0 Å². The molecule has 35 atom stereocenters. The first-order valence-corrected chi connectivity index (χ1v) is 30.8. The molecule has 21 aliphatic heterocycles. The number of amides is 1. The lowest BCUT2D eigenvalue weighted by Gasteiger charge is -2.50. The number of hydrogen-bond acceptors (Lipinski definition) is 39. The van der Waals surface area contributed by atoms with Crippen molar-refractivity contribution in [3.05, 3.63) is 45.1 Å². The minimum absolute atomic E-state index is 0.231. The third-order valence-corrected chi connectivity index (χ3v) is 18.2. The van der Waals surface area contributed by atoms with Crippen molar-refractivity contribution >= 4 is 28.1 Å². The van der Waals surface area contributed by atoms with Gasteiger partial charge in [0.25, 0.3) is 5.56 Å². The SMILES string of the molecule is Cn1c(=O)c2nc3ccccc3nc2n(CC(=O)NC[C@H]2O[C@@H]3O[C@H]4[C@H](O)[C@@H](O)[C@@H](O[C@H]5[C@H](O)[C@@H](O)[C@@H](O[C@H]6[C@H](O)[C@@H](O)[C@@H](O[C@H]7[C@H](O)[C@@H](O)[C@@H](O[C@H]8[C@H](O)[C@@H](O)[C@@H](O[C@H]9[C@H](O)C(O)[C@@H](O[C@H]2[C@H](O)[C@H]3O)O[C@@H]9CO)O[C@@H]8CO)O[C@@H]7CO)O[C@@H]6CO)O[C@@H]5CO)O[C@@H]4CO)c1=O. The van der Waals surface area contributed by atoms with E-state index in [1.165, 1.54) is 6.07 Å². The van der Waals surface area contributed by atoms with Crippen LogP contribution < -0.4 is 16.6 Å². The zero-order chi connectivity index (χ0) is 69.9. The molecule has 1 amide bonds. The number of carbonyl (C=O) groups is 1. The number of hydrogen-bond donors (Lipinski definition) is 21. The third kappa shape index (κ3) is 14.2. The van der Waals surface area contributed by atoms with Crippen molar-refractivity contribution in [3.8, 4) is 0 Å². The molecular weight excluding hydrogens is 1320 g/mol. The number of rotatable bonds is 10. The second kappa shape index (κ2) is 30.7. The number of benzene rings is 1. The van der Waals surface area contributed by atoms with E-state index in [1.807, 2.05) is 0 Å². The topological polar surface area (TPSA) is 633 Å². The second-order valence-electron chi connectivity index (χ2n) is 24.4. The molecule has 1 aromatic carbocycles. The summed E-state index contributed by atoms with van der Waals surface area (Å²) < 4.78 is 82.8. The van der Waals surface area contributed by atoms with E-state index >= 15 is 0 Å². The fraction of sp³-hybridized carbons (Fsp3) is 0.800. The Hall–Kier alpha value is -4.39. The summed E-state index contributed by atoms with van der Waals surface area (Å²) in [6.07, 6.45) is -73.4. The fourth-order valence-electron chi connectivity index (χ4n) is 12.8. The number of para-hydroxylation sites is 2. The van der Waals surface area contributed by atoms with Crippen LogP contribution in [0.15, 0.2) is 33.9 Å². The van der Waals surface area contributed by atoms with Crippen LogP contribution in [0.4, 0.5) is 0 Å². The van der Waals surface area contributed by atoms with Gasteiger partial charge in [-0.3, -0.25) is 18.7 Å². The summed E-state index contributed by atoms with van der Waals surface area (Å²) in [6, 6.07) is 6.31. The van der Waals surface area contributed by atoms with Gasteiger partial charge in [0.1, 0.15) is 177 Å². The molecule has 24 rings (SSSR count). The smallest absolute Gasteiger partial charge is 0.332 e. The molecule has 0 radical (unpaired) electrons. The van der Waals surface area contributed by atoms with Crippen molar-refractivity contribution in [1.82, 2.24) is 24.4 Å². The van der Waals surface area contributed by atoms with Gasteiger partial charge in [0.2, 0.25) is 5.91 Å². The fourth-order valence-corrected chi connectivity index (χ4v) is 12.8. The molecule has 42 heteroatoms. The highest BCUT2D eigenvalue weighted by atomic mass is 16.8. The Morgan fingerprint density at radius 2 is 0.629 bits per heavy atom. The molecule has 21 aliphatic rings. The Bertz CT molecular complexity index is 3250. The van der Waals surface area contributed by atoms with Gasteiger partial charge >= 0.3 is 5.69 Å². The average Bonchev–Trinajstić information content (AvgIpc) is 0.776. The minimum atomic E-state index is -2.36. The minimum Gasteiger partial charge on any atom is -0.394 e. The largest absolute Gasteiger partial charge is 0.394 e. The maximum absolute atomic E-state index is 14.0. The first kappa shape index (κ1) is 73.8. The molecular formula is C55H79N5O37. The first-order valence-electron chi connectivity index (χ1n) is 30.8. The Morgan fingerprint density at radius 1 is 0.381 bits per heavy atom. The third-order valence-electron chi connectivity index (χ3n) is 18.2. The first-order chi connectivity index (χ1) is 46.3. The lowest BCUT2D eigenvalue weighted by molar-refractivity contribution is -0.396. The zero-order valence-corrected chi connectivity index (χ0v) is 50.8. The van der Waals surface area contributed by atoms with Crippen LogP contribution in [0.25, 0.3) is 22.2 Å². The number of nitrogens with one attached hydrogen (secondary N) is 1. The molecule has 3 aromatic rings. The molecule has 42 nitrogen and oxygen atoms in total. The molecule has 1 unspecified atom stereocenters. The van der Waals surface area contributed by atoms with E-state index in [-0.39, 0.29) is 22.2 Å². The van der Waals surface area contributed by atoms with Gasteiger partial charge in [-0.2, -0.15) is 0 Å². The van der Waals surface area contributed by atoms with Gasteiger partial charge in [-0.15, -0.1) is 0 Å². The zero-order valence-electron chi connectivity index (χ0n) is 50.8. The molecule has 21 N–H and O–H groups in total. The van der Waals surface area contributed by atoms with Gasteiger partial charge in [0.15, 0.2) is 55.2 Å². The van der Waals surface area contributed by atoms with E-state index in [0.717, 1.165) is 11.6 Å². The number of ether oxygens (including phenoxy) is 14. The lowest BCUT2D eigenvalue weighted by Crippen LogP contribution is -2.68. The standard InChI is InChI=1S/C55H79N5O37/c1-59-47(82)24-46(58-15-5-3-2-4-14(15)57-24)60(55(59)83)7-23(67)56-6-16-39-25(68)32(75)48(84-16)92-40-17(8-61)86-50(34(77)27(40)70)94-42-19(10-63)88-52(36(79)29(42)72)96-44-21(12-65)90-54(38(81)31(44)74)97-45-22(13-66)89-53(37(80)30(45)73)95-43-20(11-64)87-51(35(78)28(43)71)93-41-18(9-62)85-49(91-39)33(76)26(41)69/h2-5,16-22,25-45,48-54,61-66,68-81H,6-13H2,1H3,(H,56,67)/t16-,17-,18-,19-,20-,21-,22-,25-,26-,27-,28-,29-,30-,31-,32-,33?,34-,35-,36-,37-,38-,39-,40-,41-,42-,43-,44-,45-,48-,49-,50-,51-,52-,53-,54-/m1/s1. The Labute approximate surface area is 544 Å². The summed E-state index contributed by atoms with van der Waals surface area (Å²) >= 11 is 0. The highest BCUT2D eigenvalue weighted by Gasteiger charge is 2.60. The van der Waals surface area contributed by atoms with Crippen molar-refractivity contribution in [2.75, 3.05) is 46.2 Å². The Morgan fingerprint density at radius 3 is 0.897 bits per heavy atom. The van der Waals surface area contributed by atoms with Crippen molar-refractivity contribution in [1.29, 1.82) is 0 Å². The second-order valence-corrected chi connectivity index (χ2v) is 24.4. The monoisotopic (exact) mass is 1400 g/mol. The molecule has 97 heavy (non-hydrogen) atoms. The van der Waals surface area contributed by atoms with E-state index in [0.29, 0.717) is 4.57 Å². The number of aliphatic hydroxyl groups is 20. The number of carbonyl (C=O) groups excluding carboxylic acids is 1. The molecule has 0 aliphatic carbocycles. The lowest BCUT2D eigenvalue weighted by atomic mass is 9.95. The molecule has 23 heterocycles. The normalized spacial score (nSPS) is 46.4. The molecule has 14 bridgehead atoms. The molecule has 2 aromatic heterocycles. The number of fused-ring (bicyclic) bond motifs is 2. The maximum Gasteiger partial charge on any atom is 0.332 e. The van der Waals surface area contributed by atoms with Gasteiger partial charge in [0, 0.05) is 13.6 Å². The number of nitrogens with zero attached hydrogens (tertiary/aromatic N) is 4. The van der Waals surface area contributed by atoms with Crippen molar-refractivity contribution < 1.29 is 173 Å². The van der Waals surface area contributed by atoms with Crippen molar-refractivity contribution in [2.45, 2.75) is 221 Å². The number of aliphatic hydroxyl groups excluding tert-OH is 20. The Kier molecular flexibility index (Phi) is 23.3. The van der Waals surface area contributed by atoms with E-state index in [4.69, 9.17) is 66.3 Å². The molecule has 21 saturated heterocycles. The highest BCUT2D eigenvalue weighted by molar-refractivity contribution is 5.85. The Balaban J connectivity index is 0.897. The summed E-state index contributed by atoms with van der Waals surface area (Å²) in [5.74, 6) is -1.04. The predicted molar refractivity (Wildman–Crippen MR) is 301 cm³/mol. The van der Waals surface area contributed by atoms with Gasteiger partial charge in [0.05, 0.1) is 50.7 Å². The molecule has 21 fully saturated rings. The van der Waals surface area contributed by atoms with Crippen LogP contribution in [-0.2, 0) is 84.7 Å². The molecule has 0 spiro atoms. The van der Waals surface area contributed by atoms with E-state index in [9.17, 15) is 117 Å². The van der Waals surface area contributed by atoms with Crippen LogP contribution in [0.3, 0.4) is 0 Å². The van der Waals surface area contributed by atoms with Gasteiger partial charge in [-0.1, -0.05) is 12.1 Å². The maximum atomic E-state index is 14.0. The van der Waals surface area contributed by atoms with Gasteiger partial charge < -0.3 is 174 Å². The van der Waals surface area contributed by atoms with E-state index < -0.39 is 285 Å². The van der Waals surface area contributed by atoms with E-state index in [1.54, 1.807) is 18.2 Å². The van der Waals surface area contributed by atoms with Crippen molar-refractivity contribution in [2.24, 2.45) is 7.05 Å². The van der Waals surface area contributed by atoms with Crippen LogP contribution in [0.2, 0.25) is 0 Å². The molecule has 0 saturated carbocycles. The summed E-state index contributed by atoms with van der Waals surface area (Å²) in [7, 11) is 1.12. The summed E-state index contributed by atoms with van der Waals surface area (Å²) in [5.41, 5.74) is -1.99. The van der Waals surface area contributed by atoms with Gasteiger partial charge in [-0.25, -0.2) is 14.8 Å². The van der Waals surface area contributed by atoms with Crippen LogP contribution in [0.1, 0.15) is 0 Å². The summed E-state index contributed by atoms with van der Waals surface area (Å²) in [6.45, 7) is -8.36. The summed E-state index contributed by atoms with van der Waals surface area (Å²) in [5, 5.41) is 228. The van der Waals surface area contributed by atoms with Gasteiger partial charge in [-0.05, 0) is 12.1 Å². The quantitative estimate of drug-likeness (QED) is 0.0838.